The molecule has 2 nitrogen and oxygen atoms in total. The quantitative estimate of drug-likeness (QED) is 0.903. The highest BCUT2D eigenvalue weighted by Gasteiger charge is 2.21. The highest BCUT2D eigenvalue weighted by atomic mass is 79.9. The maximum Gasteiger partial charge on any atom is 0.131 e. The van der Waals surface area contributed by atoms with Gasteiger partial charge in [-0.2, -0.15) is 0 Å². The zero-order chi connectivity index (χ0) is 10.7. The van der Waals surface area contributed by atoms with Gasteiger partial charge in [0.25, 0.3) is 0 Å². The molecule has 0 aliphatic heterocycles. The number of halogens is 1. The molecule has 2 rings (SSSR count). The first-order valence-corrected chi connectivity index (χ1v) is 6.52. The Morgan fingerprint density at radius 3 is 2.87 bits per heavy atom. The van der Waals surface area contributed by atoms with Crippen LogP contribution in [-0.2, 0) is 6.54 Å². The van der Waals surface area contributed by atoms with Crippen molar-refractivity contribution in [2.75, 3.05) is 0 Å². The molecule has 3 heteroatoms. The Balaban J connectivity index is 1.80. The first kappa shape index (κ1) is 11.2. The number of furan rings is 1. The lowest BCUT2D eigenvalue weighted by Gasteiger charge is -2.19. The van der Waals surface area contributed by atoms with E-state index in [0.717, 1.165) is 22.7 Å². The minimum atomic E-state index is 0.601. The second kappa shape index (κ2) is 5.17. The van der Waals surface area contributed by atoms with Crippen molar-refractivity contribution in [3.05, 3.63) is 22.6 Å². The molecule has 15 heavy (non-hydrogen) atoms. The van der Waals surface area contributed by atoms with Crippen molar-refractivity contribution >= 4 is 15.9 Å². The van der Waals surface area contributed by atoms with E-state index in [2.05, 4.69) is 28.2 Å². The molecule has 0 amide bonds. The van der Waals surface area contributed by atoms with Crippen LogP contribution in [0, 0.1) is 5.92 Å². The maximum absolute atomic E-state index is 5.37. The summed E-state index contributed by atoms with van der Waals surface area (Å²) in [5.41, 5.74) is 0. The lowest BCUT2D eigenvalue weighted by Crippen LogP contribution is -2.31. The van der Waals surface area contributed by atoms with E-state index >= 15 is 0 Å². The molecule has 1 atom stereocenters. The fourth-order valence-electron chi connectivity index (χ4n) is 2.33. The number of nitrogens with one attached hydrogen (secondary N) is 1. The van der Waals surface area contributed by atoms with E-state index in [1.165, 1.54) is 25.7 Å². The van der Waals surface area contributed by atoms with Gasteiger partial charge in [0.15, 0.2) is 0 Å². The summed E-state index contributed by atoms with van der Waals surface area (Å²) in [5, 5.41) is 3.54. The predicted molar refractivity (Wildman–Crippen MR) is 64.7 cm³/mol. The molecule has 1 aliphatic rings. The van der Waals surface area contributed by atoms with E-state index in [0.29, 0.717) is 6.04 Å². The Morgan fingerprint density at radius 2 is 2.27 bits per heavy atom. The molecular weight excluding hydrogens is 254 g/mol. The minimum Gasteiger partial charge on any atom is -0.467 e. The Hall–Kier alpha value is -0.280. The average Bonchev–Trinajstić information content (AvgIpc) is 2.85. The van der Waals surface area contributed by atoms with Gasteiger partial charge < -0.3 is 9.73 Å². The summed E-state index contributed by atoms with van der Waals surface area (Å²) in [7, 11) is 0. The highest BCUT2D eigenvalue weighted by molar-refractivity contribution is 9.10. The van der Waals surface area contributed by atoms with Crippen LogP contribution in [0.25, 0.3) is 0 Å². The summed E-state index contributed by atoms with van der Waals surface area (Å²) in [6.45, 7) is 3.11. The standard InChI is InChI=1S/C12H18BrNO/c1-9(10-4-2-3-5-10)14-8-12-11(13)6-7-15-12/h6-7,9-10,14H,2-5,8H2,1H3/t9-/m1/s1. The minimum absolute atomic E-state index is 0.601. The second-order valence-electron chi connectivity index (χ2n) is 4.41. The third-order valence-corrected chi connectivity index (χ3v) is 4.09. The molecule has 0 spiro atoms. The molecule has 1 fully saturated rings. The van der Waals surface area contributed by atoms with E-state index in [1.807, 2.05) is 6.07 Å². The van der Waals surface area contributed by atoms with Gasteiger partial charge in [-0.1, -0.05) is 12.8 Å². The van der Waals surface area contributed by atoms with Crippen LogP contribution in [0.1, 0.15) is 38.4 Å². The van der Waals surface area contributed by atoms with E-state index in [9.17, 15) is 0 Å². The number of hydrogen-bond acceptors (Lipinski definition) is 2. The Labute approximate surface area is 99.6 Å². The van der Waals surface area contributed by atoms with Gasteiger partial charge in [-0.25, -0.2) is 0 Å². The lowest BCUT2D eigenvalue weighted by molar-refractivity contribution is 0.362. The summed E-state index contributed by atoms with van der Waals surface area (Å²) in [6, 6.07) is 2.54. The molecule has 0 radical (unpaired) electrons. The Kier molecular flexibility index (Phi) is 3.87. The summed E-state index contributed by atoms with van der Waals surface area (Å²) in [6.07, 6.45) is 7.30. The molecule has 1 aromatic heterocycles. The third-order valence-electron chi connectivity index (χ3n) is 3.38. The number of rotatable bonds is 4. The van der Waals surface area contributed by atoms with Crippen LogP contribution in [0.5, 0.6) is 0 Å². The molecule has 1 aliphatic carbocycles. The molecule has 84 valence electrons. The van der Waals surface area contributed by atoms with Gasteiger partial charge in [-0.15, -0.1) is 0 Å². The van der Waals surface area contributed by atoms with Gasteiger partial charge in [-0.3, -0.25) is 0 Å². The smallest absolute Gasteiger partial charge is 0.131 e. The fourth-order valence-corrected chi connectivity index (χ4v) is 2.67. The molecule has 0 unspecified atom stereocenters. The molecule has 1 heterocycles. The predicted octanol–water partition coefficient (Wildman–Crippen LogP) is 3.71. The largest absolute Gasteiger partial charge is 0.467 e. The van der Waals surface area contributed by atoms with Crippen molar-refractivity contribution in [1.29, 1.82) is 0 Å². The maximum atomic E-state index is 5.37. The van der Waals surface area contributed by atoms with Crippen molar-refractivity contribution in [3.63, 3.8) is 0 Å². The van der Waals surface area contributed by atoms with Crippen LogP contribution in [0.3, 0.4) is 0 Å². The molecule has 1 N–H and O–H groups in total. The van der Waals surface area contributed by atoms with E-state index in [-0.39, 0.29) is 0 Å². The topological polar surface area (TPSA) is 25.2 Å². The van der Waals surface area contributed by atoms with Gasteiger partial charge in [0.1, 0.15) is 5.76 Å². The second-order valence-corrected chi connectivity index (χ2v) is 5.26. The van der Waals surface area contributed by atoms with Gasteiger partial charge in [-0.05, 0) is 47.7 Å². The SMILES string of the molecule is C[C@@H](NCc1occc1Br)C1CCCC1. The normalized spacial score (nSPS) is 19.6. The van der Waals surface area contributed by atoms with Crippen LogP contribution in [-0.4, -0.2) is 6.04 Å². The van der Waals surface area contributed by atoms with Crippen molar-refractivity contribution in [3.8, 4) is 0 Å². The molecule has 1 aromatic rings. The summed E-state index contributed by atoms with van der Waals surface area (Å²) in [4.78, 5) is 0. The van der Waals surface area contributed by atoms with Crippen LogP contribution in [0.15, 0.2) is 21.2 Å². The molecule has 0 bridgehead atoms. The van der Waals surface area contributed by atoms with Crippen LogP contribution in [0.4, 0.5) is 0 Å². The monoisotopic (exact) mass is 271 g/mol. The van der Waals surface area contributed by atoms with Gasteiger partial charge >= 0.3 is 0 Å². The highest BCUT2D eigenvalue weighted by Crippen LogP contribution is 2.28. The van der Waals surface area contributed by atoms with Crippen LogP contribution >= 0.6 is 15.9 Å². The van der Waals surface area contributed by atoms with Gasteiger partial charge in [0.05, 0.1) is 17.3 Å². The van der Waals surface area contributed by atoms with E-state index < -0.39 is 0 Å². The average molecular weight is 272 g/mol. The van der Waals surface area contributed by atoms with Crippen molar-refractivity contribution in [2.24, 2.45) is 5.92 Å². The zero-order valence-corrected chi connectivity index (χ0v) is 10.7. The molecule has 0 aromatic carbocycles. The van der Waals surface area contributed by atoms with Crippen LogP contribution < -0.4 is 5.32 Å². The summed E-state index contributed by atoms with van der Waals surface area (Å²) in [5.74, 6) is 1.86. The summed E-state index contributed by atoms with van der Waals surface area (Å²) >= 11 is 3.47. The van der Waals surface area contributed by atoms with Crippen molar-refractivity contribution < 1.29 is 4.42 Å². The zero-order valence-electron chi connectivity index (χ0n) is 9.13. The molecule has 0 saturated heterocycles. The third kappa shape index (κ3) is 2.85. The first-order chi connectivity index (χ1) is 7.27. The van der Waals surface area contributed by atoms with E-state index in [4.69, 9.17) is 4.42 Å². The Bertz CT molecular complexity index is 304. The summed E-state index contributed by atoms with van der Waals surface area (Å²) < 4.78 is 6.43. The first-order valence-electron chi connectivity index (χ1n) is 5.72. The van der Waals surface area contributed by atoms with E-state index in [1.54, 1.807) is 6.26 Å². The van der Waals surface area contributed by atoms with Crippen molar-refractivity contribution in [2.45, 2.75) is 45.2 Å². The number of hydrogen-bond donors (Lipinski definition) is 1. The Morgan fingerprint density at radius 1 is 1.53 bits per heavy atom. The molecular formula is C12H18BrNO. The molecule has 1 saturated carbocycles. The van der Waals surface area contributed by atoms with Gasteiger partial charge in [0, 0.05) is 6.04 Å². The van der Waals surface area contributed by atoms with Crippen molar-refractivity contribution in [1.82, 2.24) is 5.32 Å². The fraction of sp³-hybridized carbons (Fsp3) is 0.667. The lowest BCUT2D eigenvalue weighted by atomic mass is 10.00. The van der Waals surface area contributed by atoms with Gasteiger partial charge in [0.2, 0.25) is 0 Å². The van der Waals surface area contributed by atoms with Crippen LogP contribution in [0.2, 0.25) is 0 Å².